The summed E-state index contributed by atoms with van der Waals surface area (Å²) < 4.78 is 2.30. The van der Waals surface area contributed by atoms with Gasteiger partial charge in [0.2, 0.25) is 0 Å². The molecule has 2 heterocycles. The topological polar surface area (TPSA) is 17.8 Å². The summed E-state index contributed by atoms with van der Waals surface area (Å²) in [5.74, 6) is 3.85. The van der Waals surface area contributed by atoms with Gasteiger partial charge in [0.25, 0.3) is 0 Å². The monoisotopic (exact) mass is 300 g/mol. The Bertz CT molecular complexity index is 561. The standard InChI is InChI=1S/C13H14Cl2N2S/c14-8-13-16-11-2-1-9(15)7-12(11)17(13)10-3-5-18-6-4-10/h1-2,7,10H,3-6,8H2. The lowest BCUT2D eigenvalue weighted by Gasteiger charge is -2.25. The molecule has 0 bridgehead atoms. The Morgan fingerprint density at radius 3 is 2.83 bits per heavy atom. The SMILES string of the molecule is ClCc1nc2ccc(Cl)cc2n1C1CCSCC1. The molecule has 2 aromatic rings. The van der Waals surface area contributed by atoms with Crippen LogP contribution >= 0.6 is 35.0 Å². The van der Waals surface area contributed by atoms with Gasteiger partial charge in [-0.25, -0.2) is 4.98 Å². The number of nitrogens with zero attached hydrogens (tertiary/aromatic N) is 2. The molecule has 0 N–H and O–H groups in total. The second kappa shape index (κ2) is 5.32. The third-order valence-corrected chi connectivity index (χ3v) is 4.92. The normalized spacial score (nSPS) is 17.4. The van der Waals surface area contributed by atoms with Gasteiger partial charge in [-0.3, -0.25) is 0 Å². The van der Waals surface area contributed by atoms with Gasteiger partial charge >= 0.3 is 0 Å². The Hall–Kier alpha value is -0.380. The van der Waals surface area contributed by atoms with Crippen molar-refractivity contribution >= 4 is 46.0 Å². The van der Waals surface area contributed by atoms with Crippen LogP contribution in [-0.2, 0) is 5.88 Å². The van der Waals surface area contributed by atoms with E-state index in [4.69, 9.17) is 23.2 Å². The van der Waals surface area contributed by atoms with Crippen molar-refractivity contribution in [2.24, 2.45) is 0 Å². The smallest absolute Gasteiger partial charge is 0.125 e. The van der Waals surface area contributed by atoms with Crippen LogP contribution in [0.3, 0.4) is 0 Å². The summed E-state index contributed by atoms with van der Waals surface area (Å²) in [5.41, 5.74) is 2.11. The Morgan fingerprint density at radius 2 is 2.11 bits per heavy atom. The van der Waals surface area contributed by atoms with Crippen LogP contribution in [-0.4, -0.2) is 21.1 Å². The van der Waals surface area contributed by atoms with Gasteiger partial charge in [0, 0.05) is 11.1 Å². The lowest BCUT2D eigenvalue weighted by atomic mass is 10.1. The van der Waals surface area contributed by atoms with Crippen LogP contribution in [0.1, 0.15) is 24.7 Å². The Morgan fingerprint density at radius 1 is 1.33 bits per heavy atom. The molecule has 18 heavy (non-hydrogen) atoms. The summed E-state index contributed by atoms with van der Waals surface area (Å²) >= 11 is 14.2. The number of halogens is 2. The minimum atomic E-state index is 0.454. The summed E-state index contributed by atoms with van der Waals surface area (Å²) in [5, 5.41) is 0.759. The molecule has 0 radical (unpaired) electrons. The molecule has 1 aliphatic heterocycles. The predicted molar refractivity (Wildman–Crippen MR) is 79.9 cm³/mol. The van der Waals surface area contributed by atoms with Crippen LogP contribution in [0.15, 0.2) is 18.2 Å². The minimum Gasteiger partial charge on any atom is -0.324 e. The summed E-state index contributed by atoms with van der Waals surface area (Å²) in [6, 6.07) is 6.38. The van der Waals surface area contributed by atoms with Crippen LogP contribution in [0.2, 0.25) is 5.02 Å². The van der Waals surface area contributed by atoms with Crippen LogP contribution in [0.5, 0.6) is 0 Å². The Balaban J connectivity index is 2.14. The van der Waals surface area contributed by atoms with E-state index < -0.39 is 0 Å². The Kier molecular flexibility index (Phi) is 3.73. The maximum Gasteiger partial charge on any atom is 0.125 e. The first-order valence-electron chi connectivity index (χ1n) is 6.09. The average molecular weight is 301 g/mol. The molecule has 5 heteroatoms. The van der Waals surface area contributed by atoms with Crippen molar-refractivity contribution in [1.29, 1.82) is 0 Å². The predicted octanol–water partition coefficient (Wildman–Crippen LogP) is 4.50. The molecular formula is C13H14Cl2N2S. The van der Waals surface area contributed by atoms with E-state index in [1.807, 2.05) is 30.0 Å². The van der Waals surface area contributed by atoms with Gasteiger partial charge in [-0.1, -0.05) is 11.6 Å². The van der Waals surface area contributed by atoms with E-state index in [0.717, 1.165) is 21.9 Å². The third-order valence-electron chi connectivity index (χ3n) is 3.40. The van der Waals surface area contributed by atoms with E-state index in [2.05, 4.69) is 9.55 Å². The second-order valence-corrected chi connectivity index (χ2v) is 6.44. The summed E-state index contributed by atoms with van der Waals surface area (Å²) in [7, 11) is 0. The van der Waals surface area contributed by atoms with Crippen molar-refractivity contribution in [3.8, 4) is 0 Å². The fourth-order valence-electron chi connectivity index (χ4n) is 2.56. The van der Waals surface area contributed by atoms with Gasteiger partial charge in [-0.15, -0.1) is 11.6 Å². The van der Waals surface area contributed by atoms with Crippen molar-refractivity contribution in [2.75, 3.05) is 11.5 Å². The van der Waals surface area contributed by atoms with Crippen molar-refractivity contribution in [2.45, 2.75) is 24.8 Å². The lowest BCUT2D eigenvalue weighted by Crippen LogP contribution is -2.17. The maximum absolute atomic E-state index is 6.10. The quantitative estimate of drug-likeness (QED) is 0.760. The number of fused-ring (bicyclic) bond motifs is 1. The van der Waals surface area contributed by atoms with E-state index in [0.29, 0.717) is 11.9 Å². The van der Waals surface area contributed by atoms with Crippen LogP contribution in [0.4, 0.5) is 0 Å². The number of benzene rings is 1. The lowest BCUT2D eigenvalue weighted by molar-refractivity contribution is 0.470. The van der Waals surface area contributed by atoms with Crippen molar-refractivity contribution in [1.82, 2.24) is 9.55 Å². The van der Waals surface area contributed by atoms with E-state index in [1.165, 1.54) is 24.3 Å². The number of hydrogen-bond donors (Lipinski definition) is 0. The highest BCUT2D eigenvalue weighted by molar-refractivity contribution is 7.99. The summed E-state index contributed by atoms with van der Waals surface area (Å²) in [6.45, 7) is 0. The van der Waals surface area contributed by atoms with Crippen LogP contribution in [0.25, 0.3) is 11.0 Å². The molecule has 3 rings (SSSR count). The number of imidazole rings is 1. The molecule has 0 unspecified atom stereocenters. The van der Waals surface area contributed by atoms with Gasteiger partial charge in [0.05, 0.1) is 16.9 Å². The second-order valence-electron chi connectivity index (χ2n) is 4.51. The zero-order valence-electron chi connectivity index (χ0n) is 9.90. The minimum absolute atomic E-state index is 0.454. The van der Waals surface area contributed by atoms with Crippen molar-refractivity contribution in [3.05, 3.63) is 29.0 Å². The first-order valence-corrected chi connectivity index (χ1v) is 8.16. The fourth-order valence-corrected chi connectivity index (χ4v) is 4.00. The van der Waals surface area contributed by atoms with Gasteiger partial charge in [0.1, 0.15) is 5.82 Å². The molecule has 2 nitrogen and oxygen atoms in total. The highest BCUT2D eigenvalue weighted by atomic mass is 35.5. The first kappa shape index (κ1) is 12.6. The zero-order chi connectivity index (χ0) is 12.5. The number of thioether (sulfide) groups is 1. The highest BCUT2D eigenvalue weighted by Crippen LogP contribution is 2.32. The molecule has 1 saturated heterocycles. The molecule has 0 amide bonds. The highest BCUT2D eigenvalue weighted by Gasteiger charge is 2.21. The van der Waals surface area contributed by atoms with E-state index in [9.17, 15) is 0 Å². The average Bonchev–Trinajstić information content (AvgIpc) is 2.77. The molecule has 1 fully saturated rings. The molecule has 0 saturated carbocycles. The molecule has 0 atom stereocenters. The molecule has 0 aliphatic carbocycles. The first-order chi connectivity index (χ1) is 8.79. The van der Waals surface area contributed by atoms with Crippen molar-refractivity contribution < 1.29 is 0 Å². The fraction of sp³-hybridized carbons (Fsp3) is 0.462. The number of hydrogen-bond acceptors (Lipinski definition) is 2. The molecule has 1 aromatic heterocycles. The van der Waals surface area contributed by atoms with Crippen LogP contribution < -0.4 is 0 Å². The van der Waals surface area contributed by atoms with Gasteiger partial charge in [0.15, 0.2) is 0 Å². The molecular weight excluding hydrogens is 287 g/mol. The van der Waals surface area contributed by atoms with E-state index in [-0.39, 0.29) is 0 Å². The van der Waals surface area contributed by atoms with E-state index >= 15 is 0 Å². The number of rotatable bonds is 2. The maximum atomic E-state index is 6.10. The molecule has 0 spiro atoms. The van der Waals surface area contributed by atoms with Crippen LogP contribution in [0, 0.1) is 0 Å². The van der Waals surface area contributed by atoms with Gasteiger partial charge in [-0.2, -0.15) is 11.8 Å². The largest absolute Gasteiger partial charge is 0.324 e. The Labute approximate surface area is 121 Å². The van der Waals surface area contributed by atoms with Gasteiger partial charge < -0.3 is 4.57 Å². The van der Waals surface area contributed by atoms with Crippen molar-refractivity contribution in [3.63, 3.8) is 0 Å². The summed E-state index contributed by atoms with van der Waals surface area (Å²) in [4.78, 5) is 4.61. The zero-order valence-corrected chi connectivity index (χ0v) is 12.2. The molecule has 96 valence electrons. The number of aromatic nitrogens is 2. The summed E-state index contributed by atoms with van der Waals surface area (Å²) in [6.07, 6.45) is 2.37. The third kappa shape index (κ3) is 2.24. The number of alkyl halides is 1. The molecule has 1 aliphatic rings. The molecule has 1 aromatic carbocycles. The van der Waals surface area contributed by atoms with E-state index in [1.54, 1.807) is 0 Å². The van der Waals surface area contributed by atoms with Gasteiger partial charge in [-0.05, 0) is 42.5 Å².